The van der Waals surface area contributed by atoms with Gasteiger partial charge in [-0.1, -0.05) is 6.92 Å². The molecular weight excluding hydrogens is 273 g/mol. The van der Waals surface area contributed by atoms with Crippen LogP contribution in [-0.4, -0.2) is 42.2 Å². The van der Waals surface area contributed by atoms with Gasteiger partial charge in [-0.05, 0) is 44.1 Å². The molecule has 1 aromatic carbocycles. The second kappa shape index (κ2) is 9.31. The van der Waals surface area contributed by atoms with Crippen molar-refractivity contribution in [1.82, 2.24) is 4.90 Å². The van der Waals surface area contributed by atoms with Crippen molar-refractivity contribution < 1.29 is 14.3 Å². The summed E-state index contributed by atoms with van der Waals surface area (Å²) < 4.78 is 13.0. The highest BCUT2D eigenvalue weighted by Gasteiger charge is 2.07. The monoisotopic (exact) mass is 297 g/mol. The van der Waals surface area contributed by atoms with E-state index < -0.39 is 5.82 Å². The predicted octanol–water partition coefficient (Wildman–Crippen LogP) is 1.83. The second-order valence-corrected chi connectivity index (χ2v) is 4.90. The number of nitrogens with two attached hydrogens (primary N) is 1. The summed E-state index contributed by atoms with van der Waals surface area (Å²) in [5, 5.41) is 11.5. The van der Waals surface area contributed by atoms with Gasteiger partial charge in [-0.2, -0.15) is 0 Å². The molecule has 118 valence electrons. The highest BCUT2D eigenvalue weighted by molar-refractivity contribution is 5.91. The summed E-state index contributed by atoms with van der Waals surface area (Å²) in [4.78, 5) is 14.0. The van der Waals surface area contributed by atoms with Crippen molar-refractivity contribution in [3.05, 3.63) is 24.0 Å². The van der Waals surface area contributed by atoms with E-state index in [1.54, 1.807) is 0 Å². The standard InChI is InChI=1S/C15H24FN3O2/c1-2-19(9-4-10-20)8-3-5-15(21)18-12-6-7-13(16)14(17)11-12/h6-7,11,20H,2-5,8-10,17H2,1H3,(H,18,21). The smallest absolute Gasteiger partial charge is 0.224 e. The topological polar surface area (TPSA) is 78.6 Å². The Morgan fingerprint density at radius 2 is 2.10 bits per heavy atom. The van der Waals surface area contributed by atoms with Crippen molar-refractivity contribution in [1.29, 1.82) is 0 Å². The number of nitrogens with zero attached hydrogens (tertiary/aromatic N) is 1. The minimum absolute atomic E-state index is 0.0222. The highest BCUT2D eigenvalue weighted by atomic mass is 19.1. The SMILES string of the molecule is CCN(CCCO)CCCC(=O)Nc1ccc(F)c(N)c1. The Bertz CT molecular complexity index is 455. The Morgan fingerprint density at radius 3 is 2.71 bits per heavy atom. The molecule has 0 atom stereocenters. The average molecular weight is 297 g/mol. The molecule has 0 aliphatic carbocycles. The van der Waals surface area contributed by atoms with Crippen LogP contribution in [0, 0.1) is 5.82 Å². The molecule has 0 radical (unpaired) electrons. The number of carbonyl (C=O) groups excluding carboxylic acids is 1. The molecule has 0 aliphatic heterocycles. The van der Waals surface area contributed by atoms with Gasteiger partial charge in [-0.3, -0.25) is 4.79 Å². The molecule has 0 aliphatic rings. The number of aliphatic hydroxyl groups is 1. The number of anilines is 2. The van der Waals surface area contributed by atoms with Crippen LogP contribution < -0.4 is 11.1 Å². The first-order chi connectivity index (χ1) is 10.1. The van der Waals surface area contributed by atoms with Crippen molar-refractivity contribution >= 4 is 17.3 Å². The van der Waals surface area contributed by atoms with Gasteiger partial charge >= 0.3 is 0 Å². The Morgan fingerprint density at radius 1 is 1.38 bits per heavy atom. The normalized spacial score (nSPS) is 10.9. The fourth-order valence-corrected chi connectivity index (χ4v) is 2.03. The van der Waals surface area contributed by atoms with Crippen molar-refractivity contribution in [3.8, 4) is 0 Å². The van der Waals surface area contributed by atoms with Gasteiger partial charge in [-0.25, -0.2) is 4.39 Å². The first-order valence-corrected chi connectivity index (χ1v) is 7.25. The summed E-state index contributed by atoms with van der Waals surface area (Å²) >= 11 is 0. The minimum Gasteiger partial charge on any atom is -0.396 e. The van der Waals surface area contributed by atoms with E-state index in [9.17, 15) is 9.18 Å². The molecule has 0 spiro atoms. The highest BCUT2D eigenvalue weighted by Crippen LogP contribution is 2.16. The Kier molecular flexibility index (Phi) is 7.71. The molecule has 1 amide bonds. The van der Waals surface area contributed by atoms with Gasteiger partial charge in [0.1, 0.15) is 5.82 Å². The lowest BCUT2D eigenvalue weighted by Gasteiger charge is -2.19. The molecule has 5 nitrogen and oxygen atoms in total. The Balaban J connectivity index is 2.31. The third kappa shape index (κ3) is 6.55. The van der Waals surface area contributed by atoms with Crippen LogP contribution in [0.5, 0.6) is 0 Å². The third-order valence-corrected chi connectivity index (χ3v) is 3.24. The number of hydrogen-bond acceptors (Lipinski definition) is 4. The van der Waals surface area contributed by atoms with Gasteiger partial charge in [0.2, 0.25) is 5.91 Å². The lowest BCUT2D eigenvalue weighted by molar-refractivity contribution is -0.116. The summed E-state index contributed by atoms with van der Waals surface area (Å²) in [6, 6.07) is 4.13. The number of rotatable bonds is 9. The van der Waals surface area contributed by atoms with Crippen molar-refractivity contribution in [2.45, 2.75) is 26.2 Å². The summed E-state index contributed by atoms with van der Waals surface area (Å²) in [7, 11) is 0. The van der Waals surface area contributed by atoms with Gasteiger partial charge < -0.3 is 21.1 Å². The van der Waals surface area contributed by atoms with Crippen molar-refractivity contribution in [2.75, 3.05) is 37.3 Å². The van der Waals surface area contributed by atoms with Gasteiger partial charge in [-0.15, -0.1) is 0 Å². The van der Waals surface area contributed by atoms with E-state index >= 15 is 0 Å². The van der Waals surface area contributed by atoms with Crippen LogP contribution in [0.15, 0.2) is 18.2 Å². The molecule has 0 unspecified atom stereocenters. The number of nitrogen functional groups attached to an aromatic ring is 1. The Labute approximate surface area is 124 Å². The average Bonchev–Trinajstić information content (AvgIpc) is 2.46. The number of carbonyl (C=O) groups is 1. The first-order valence-electron chi connectivity index (χ1n) is 7.25. The number of benzene rings is 1. The molecule has 1 rings (SSSR count). The molecule has 0 aromatic heterocycles. The van der Waals surface area contributed by atoms with Crippen LogP contribution in [0.3, 0.4) is 0 Å². The quantitative estimate of drug-likeness (QED) is 0.608. The number of amides is 1. The summed E-state index contributed by atoms with van der Waals surface area (Å²) in [6.45, 7) is 4.79. The van der Waals surface area contributed by atoms with E-state index in [4.69, 9.17) is 10.8 Å². The Hall–Kier alpha value is -1.66. The van der Waals surface area contributed by atoms with Crippen LogP contribution in [0.1, 0.15) is 26.2 Å². The van der Waals surface area contributed by atoms with E-state index in [1.807, 2.05) is 0 Å². The molecule has 6 heteroatoms. The molecule has 21 heavy (non-hydrogen) atoms. The number of nitrogens with one attached hydrogen (secondary N) is 1. The fraction of sp³-hybridized carbons (Fsp3) is 0.533. The van der Waals surface area contributed by atoms with Crippen LogP contribution in [-0.2, 0) is 4.79 Å². The van der Waals surface area contributed by atoms with Crippen LogP contribution in [0.25, 0.3) is 0 Å². The van der Waals surface area contributed by atoms with Crippen LogP contribution >= 0.6 is 0 Å². The minimum atomic E-state index is -0.490. The molecule has 4 N–H and O–H groups in total. The van der Waals surface area contributed by atoms with E-state index in [0.717, 1.165) is 32.5 Å². The predicted molar refractivity (Wildman–Crippen MR) is 82.5 cm³/mol. The fourth-order valence-electron chi connectivity index (χ4n) is 2.03. The summed E-state index contributed by atoms with van der Waals surface area (Å²) in [5.74, 6) is -0.602. The number of aliphatic hydroxyl groups excluding tert-OH is 1. The zero-order valence-electron chi connectivity index (χ0n) is 12.4. The summed E-state index contributed by atoms with van der Waals surface area (Å²) in [6.07, 6.45) is 1.88. The first kappa shape index (κ1) is 17.4. The largest absolute Gasteiger partial charge is 0.396 e. The summed E-state index contributed by atoms with van der Waals surface area (Å²) in [5.41, 5.74) is 5.98. The van der Waals surface area contributed by atoms with Gasteiger partial charge in [0.25, 0.3) is 0 Å². The second-order valence-electron chi connectivity index (χ2n) is 4.90. The third-order valence-electron chi connectivity index (χ3n) is 3.24. The molecule has 1 aromatic rings. The number of hydrogen-bond donors (Lipinski definition) is 3. The van der Waals surface area contributed by atoms with E-state index in [2.05, 4.69) is 17.1 Å². The van der Waals surface area contributed by atoms with Gasteiger partial charge in [0.15, 0.2) is 0 Å². The lowest BCUT2D eigenvalue weighted by atomic mass is 10.2. The zero-order valence-corrected chi connectivity index (χ0v) is 12.4. The molecule has 0 fully saturated rings. The lowest BCUT2D eigenvalue weighted by Crippen LogP contribution is -2.27. The number of halogens is 1. The van der Waals surface area contributed by atoms with Crippen molar-refractivity contribution in [3.63, 3.8) is 0 Å². The van der Waals surface area contributed by atoms with Crippen LogP contribution in [0.4, 0.5) is 15.8 Å². The molecule has 0 saturated carbocycles. The maximum absolute atomic E-state index is 13.0. The van der Waals surface area contributed by atoms with E-state index in [1.165, 1.54) is 18.2 Å². The van der Waals surface area contributed by atoms with E-state index in [0.29, 0.717) is 12.1 Å². The molecule has 0 saturated heterocycles. The molecular formula is C15H24FN3O2. The zero-order chi connectivity index (χ0) is 15.7. The van der Waals surface area contributed by atoms with Crippen molar-refractivity contribution in [2.24, 2.45) is 0 Å². The van der Waals surface area contributed by atoms with Crippen LogP contribution in [0.2, 0.25) is 0 Å². The maximum atomic E-state index is 13.0. The molecule has 0 bridgehead atoms. The van der Waals surface area contributed by atoms with Gasteiger partial charge in [0, 0.05) is 25.3 Å². The maximum Gasteiger partial charge on any atom is 0.224 e. The molecule has 0 heterocycles. The van der Waals surface area contributed by atoms with Gasteiger partial charge in [0.05, 0.1) is 5.69 Å². The van der Waals surface area contributed by atoms with E-state index in [-0.39, 0.29) is 18.2 Å².